The summed E-state index contributed by atoms with van der Waals surface area (Å²) in [5.74, 6) is 0. The minimum Gasteiger partial charge on any atom is -0.0654 e. The Morgan fingerprint density at radius 3 is 1.00 bits per heavy atom. The molecule has 0 atom stereocenters. The van der Waals surface area contributed by atoms with Gasteiger partial charge in [-0.05, 0) is 0 Å². The van der Waals surface area contributed by atoms with E-state index in [1.165, 1.54) is 103 Å². The summed E-state index contributed by atoms with van der Waals surface area (Å²) >= 11 is 0. The third kappa shape index (κ3) is 17.4. The summed E-state index contributed by atoms with van der Waals surface area (Å²) in [4.78, 5) is 0. The molecule has 0 amide bonds. The molecule has 0 heterocycles. The molecule has 0 aromatic carbocycles. The van der Waals surface area contributed by atoms with E-state index in [9.17, 15) is 0 Å². The highest BCUT2D eigenvalue weighted by atomic mass is 28.3. The maximum Gasteiger partial charge on any atom is 0.0534 e. The Morgan fingerprint density at radius 1 is 0.440 bits per heavy atom. The number of unbranched alkanes of at least 4 members (excludes halogenated alkanes) is 15. The maximum atomic E-state index is 2.45. The van der Waals surface area contributed by atoms with Crippen molar-refractivity contribution in [2.24, 2.45) is 0 Å². The lowest BCUT2D eigenvalue weighted by molar-refractivity contribution is 0.531. The Kier molecular flexibility index (Phi) is 19.2. The van der Waals surface area contributed by atoms with E-state index in [4.69, 9.17) is 0 Å². The molecule has 0 nitrogen and oxygen atoms in total. The number of hydrogen-bond acceptors (Lipinski definition) is 0. The lowest BCUT2D eigenvalue weighted by atomic mass is 10.0. The van der Waals surface area contributed by atoms with Crippen LogP contribution in [-0.2, 0) is 0 Å². The van der Waals surface area contributed by atoms with Crippen LogP contribution in [-0.4, -0.2) is 8.80 Å². The van der Waals surface area contributed by atoms with Crippen LogP contribution in [0.25, 0.3) is 0 Å². The molecule has 0 unspecified atom stereocenters. The zero-order chi connectivity index (χ0) is 18.8. The average Bonchev–Trinajstić information content (AvgIpc) is 2.57. The predicted octanol–water partition coefficient (Wildman–Crippen LogP) is 9.56. The van der Waals surface area contributed by atoms with Crippen LogP contribution in [0.4, 0.5) is 0 Å². The van der Waals surface area contributed by atoms with Crippen molar-refractivity contribution in [3.05, 3.63) is 0 Å². The Labute approximate surface area is 163 Å². The zero-order valence-electron chi connectivity index (χ0n) is 18.7. The molecule has 0 N–H and O–H groups in total. The minimum absolute atomic E-state index is 0.0973. The SMILES string of the molecule is CCCCCCCCCCCCCCCCCC[Si](C(C)C)C(C)C. The van der Waals surface area contributed by atoms with Gasteiger partial charge in [-0.2, -0.15) is 0 Å². The first-order valence-electron chi connectivity index (χ1n) is 11.9. The molecule has 0 fully saturated rings. The van der Waals surface area contributed by atoms with Gasteiger partial charge in [-0.15, -0.1) is 0 Å². The topological polar surface area (TPSA) is 0 Å². The normalized spacial score (nSPS) is 12.0. The molecule has 0 aliphatic heterocycles. The summed E-state index contributed by atoms with van der Waals surface area (Å²) in [6, 6.07) is 1.55. The fraction of sp³-hybridized carbons (Fsp3) is 1.00. The Balaban J connectivity index is 3.19. The van der Waals surface area contributed by atoms with Crippen LogP contribution in [0.2, 0.25) is 17.1 Å². The highest BCUT2D eigenvalue weighted by Crippen LogP contribution is 2.25. The standard InChI is InChI=1S/C24H51Si/c1-6-7-8-9-10-11-12-13-14-15-16-17-18-19-20-21-22-25(23(2)3)24(4)5/h23-24H,6-22H2,1-5H3. The molecule has 0 spiro atoms. The summed E-state index contributed by atoms with van der Waals surface area (Å²) in [6.45, 7) is 12.1. The second-order valence-corrected chi connectivity index (χ2v) is 12.9. The highest BCUT2D eigenvalue weighted by molar-refractivity contribution is 6.61. The quantitative estimate of drug-likeness (QED) is 0.157. The maximum absolute atomic E-state index is 2.45. The summed E-state index contributed by atoms with van der Waals surface area (Å²) in [7, 11) is -0.0973. The summed E-state index contributed by atoms with van der Waals surface area (Å²) < 4.78 is 0. The summed E-state index contributed by atoms with van der Waals surface area (Å²) in [5.41, 5.74) is 1.92. The van der Waals surface area contributed by atoms with Gasteiger partial charge in [-0.3, -0.25) is 0 Å². The second kappa shape index (κ2) is 19.0. The van der Waals surface area contributed by atoms with Crippen molar-refractivity contribution in [3.63, 3.8) is 0 Å². The third-order valence-corrected chi connectivity index (χ3v) is 9.70. The van der Waals surface area contributed by atoms with Gasteiger partial charge in [-0.1, -0.05) is 154 Å². The first-order chi connectivity index (χ1) is 12.1. The molecule has 0 bridgehead atoms. The van der Waals surface area contributed by atoms with E-state index in [1.54, 1.807) is 6.04 Å². The van der Waals surface area contributed by atoms with E-state index in [0.29, 0.717) is 0 Å². The minimum atomic E-state index is -0.0973. The monoisotopic (exact) mass is 367 g/mol. The summed E-state index contributed by atoms with van der Waals surface area (Å²) in [6.07, 6.45) is 23.6. The first-order valence-corrected chi connectivity index (χ1v) is 13.8. The molecule has 1 radical (unpaired) electrons. The fourth-order valence-corrected chi connectivity index (χ4v) is 7.27. The van der Waals surface area contributed by atoms with Crippen LogP contribution >= 0.6 is 0 Å². The van der Waals surface area contributed by atoms with E-state index >= 15 is 0 Å². The molecular formula is C24H51Si. The van der Waals surface area contributed by atoms with Crippen molar-refractivity contribution in [2.75, 3.05) is 0 Å². The highest BCUT2D eigenvalue weighted by Gasteiger charge is 2.18. The van der Waals surface area contributed by atoms with Crippen LogP contribution in [0, 0.1) is 0 Å². The van der Waals surface area contributed by atoms with Crippen molar-refractivity contribution in [1.29, 1.82) is 0 Å². The van der Waals surface area contributed by atoms with Gasteiger partial charge in [-0.25, -0.2) is 0 Å². The molecule has 25 heavy (non-hydrogen) atoms. The van der Waals surface area contributed by atoms with E-state index in [2.05, 4.69) is 34.6 Å². The van der Waals surface area contributed by atoms with Gasteiger partial charge in [0.25, 0.3) is 0 Å². The Bertz CT molecular complexity index is 238. The third-order valence-electron chi connectivity index (χ3n) is 5.80. The molecule has 0 aliphatic rings. The second-order valence-electron chi connectivity index (χ2n) is 8.94. The first kappa shape index (κ1) is 25.2. The largest absolute Gasteiger partial charge is 0.0654 e. The lowest BCUT2D eigenvalue weighted by Gasteiger charge is -2.22. The molecular weight excluding hydrogens is 316 g/mol. The van der Waals surface area contributed by atoms with Crippen molar-refractivity contribution in [2.45, 2.75) is 154 Å². The van der Waals surface area contributed by atoms with Crippen LogP contribution < -0.4 is 0 Å². The van der Waals surface area contributed by atoms with Gasteiger partial charge in [0, 0.05) is 0 Å². The number of hydrogen-bond donors (Lipinski definition) is 0. The van der Waals surface area contributed by atoms with Crippen molar-refractivity contribution < 1.29 is 0 Å². The van der Waals surface area contributed by atoms with Gasteiger partial charge in [0.2, 0.25) is 0 Å². The predicted molar refractivity (Wildman–Crippen MR) is 120 cm³/mol. The van der Waals surface area contributed by atoms with E-state index in [0.717, 1.165) is 11.1 Å². The molecule has 151 valence electrons. The van der Waals surface area contributed by atoms with Crippen LogP contribution in [0.3, 0.4) is 0 Å². The smallest absolute Gasteiger partial charge is 0.0534 e. The molecule has 0 aromatic heterocycles. The van der Waals surface area contributed by atoms with Crippen LogP contribution in [0.15, 0.2) is 0 Å². The molecule has 1 heteroatoms. The van der Waals surface area contributed by atoms with E-state index < -0.39 is 0 Å². The lowest BCUT2D eigenvalue weighted by Crippen LogP contribution is -2.20. The van der Waals surface area contributed by atoms with Gasteiger partial charge < -0.3 is 0 Å². The van der Waals surface area contributed by atoms with E-state index in [-0.39, 0.29) is 8.80 Å². The van der Waals surface area contributed by atoms with Crippen molar-refractivity contribution >= 4 is 8.80 Å². The van der Waals surface area contributed by atoms with Crippen LogP contribution in [0.5, 0.6) is 0 Å². The summed E-state index contributed by atoms with van der Waals surface area (Å²) in [5, 5.41) is 0. The average molecular weight is 368 g/mol. The zero-order valence-corrected chi connectivity index (χ0v) is 19.7. The van der Waals surface area contributed by atoms with Crippen molar-refractivity contribution in [1.82, 2.24) is 0 Å². The number of rotatable bonds is 19. The van der Waals surface area contributed by atoms with Crippen molar-refractivity contribution in [3.8, 4) is 0 Å². The fourth-order valence-electron chi connectivity index (χ4n) is 4.12. The molecule has 0 aromatic rings. The van der Waals surface area contributed by atoms with E-state index in [1.807, 2.05) is 0 Å². The molecule has 0 rings (SSSR count). The van der Waals surface area contributed by atoms with Gasteiger partial charge in [0.05, 0.1) is 8.80 Å². The van der Waals surface area contributed by atoms with Gasteiger partial charge in [0.1, 0.15) is 0 Å². The molecule has 0 saturated carbocycles. The molecule has 0 aliphatic carbocycles. The van der Waals surface area contributed by atoms with Gasteiger partial charge >= 0.3 is 0 Å². The van der Waals surface area contributed by atoms with Gasteiger partial charge in [0.15, 0.2) is 0 Å². The Hall–Kier alpha value is 0.217. The Morgan fingerprint density at radius 2 is 0.720 bits per heavy atom. The van der Waals surface area contributed by atoms with Crippen LogP contribution in [0.1, 0.15) is 137 Å². The molecule has 0 saturated heterocycles.